The number of fused-ring (bicyclic) bond motifs is 1. The number of phenolic OH excluding ortho intramolecular Hbond substituents is 1. The highest BCUT2D eigenvalue weighted by atomic mass is 32.1. The lowest BCUT2D eigenvalue weighted by atomic mass is 10.2. The van der Waals surface area contributed by atoms with Gasteiger partial charge < -0.3 is 9.84 Å². The topological polar surface area (TPSA) is 29.5 Å². The molecule has 0 atom stereocenters. The van der Waals surface area contributed by atoms with Crippen LogP contribution in [0.3, 0.4) is 0 Å². The fraction of sp³-hybridized carbons (Fsp3) is 0.125. The van der Waals surface area contributed by atoms with Gasteiger partial charge in [-0.1, -0.05) is 12.1 Å². The molecule has 2 aromatic carbocycles. The average molecular weight is 270 g/mol. The smallest absolute Gasteiger partial charge is 0.122 e. The Morgan fingerprint density at radius 1 is 1.11 bits per heavy atom. The Morgan fingerprint density at radius 3 is 2.84 bits per heavy atom. The minimum Gasteiger partial charge on any atom is -0.508 e. The van der Waals surface area contributed by atoms with E-state index in [0.29, 0.717) is 12.4 Å². The zero-order chi connectivity index (χ0) is 13.2. The number of rotatable bonds is 3. The molecule has 0 aliphatic rings. The summed E-state index contributed by atoms with van der Waals surface area (Å²) in [5, 5.41) is 10.5. The van der Waals surface area contributed by atoms with E-state index in [1.165, 1.54) is 10.3 Å². The maximum atomic E-state index is 9.45. The number of hydrogen-bond acceptors (Lipinski definition) is 3. The van der Waals surface area contributed by atoms with E-state index in [1.807, 2.05) is 24.3 Å². The molecule has 0 fully saturated rings. The van der Waals surface area contributed by atoms with Gasteiger partial charge in [-0.2, -0.15) is 0 Å². The predicted octanol–water partition coefficient (Wildman–Crippen LogP) is 4.49. The summed E-state index contributed by atoms with van der Waals surface area (Å²) < 4.78 is 6.95. The third kappa shape index (κ3) is 2.71. The Morgan fingerprint density at radius 2 is 2.00 bits per heavy atom. The van der Waals surface area contributed by atoms with Gasteiger partial charge in [-0.3, -0.25) is 0 Å². The van der Waals surface area contributed by atoms with Gasteiger partial charge in [0, 0.05) is 9.58 Å². The number of benzene rings is 2. The van der Waals surface area contributed by atoms with E-state index in [2.05, 4.69) is 19.1 Å². The van der Waals surface area contributed by atoms with Crippen LogP contribution in [0.25, 0.3) is 10.1 Å². The lowest BCUT2D eigenvalue weighted by Crippen LogP contribution is -1.92. The van der Waals surface area contributed by atoms with Crippen molar-refractivity contribution in [3.05, 3.63) is 59.0 Å². The summed E-state index contributed by atoms with van der Waals surface area (Å²) in [6.07, 6.45) is 0. The van der Waals surface area contributed by atoms with Crippen LogP contribution in [0.1, 0.15) is 10.4 Å². The van der Waals surface area contributed by atoms with Crippen LogP contribution in [0, 0.1) is 6.92 Å². The number of hydrogen-bond donors (Lipinski definition) is 1. The van der Waals surface area contributed by atoms with E-state index in [-0.39, 0.29) is 0 Å². The molecule has 1 heterocycles. The first-order chi connectivity index (χ1) is 9.20. The summed E-state index contributed by atoms with van der Waals surface area (Å²) in [5.74, 6) is 1.19. The van der Waals surface area contributed by atoms with Crippen molar-refractivity contribution in [3.63, 3.8) is 0 Å². The zero-order valence-electron chi connectivity index (χ0n) is 10.6. The van der Waals surface area contributed by atoms with Crippen molar-refractivity contribution in [2.75, 3.05) is 0 Å². The number of phenols is 1. The predicted molar refractivity (Wildman–Crippen MR) is 79.0 cm³/mol. The molecular weight excluding hydrogens is 256 g/mol. The number of ether oxygens (including phenoxy) is 1. The minimum atomic E-state index is 0.302. The van der Waals surface area contributed by atoms with E-state index >= 15 is 0 Å². The molecule has 96 valence electrons. The summed E-state index contributed by atoms with van der Waals surface area (Å²) in [7, 11) is 0. The second kappa shape index (κ2) is 4.94. The second-order valence-corrected chi connectivity index (χ2v) is 5.71. The minimum absolute atomic E-state index is 0.302. The van der Waals surface area contributed by atoms with Crippen molar-refractivity contribution in [3.8, 4) is 11.5 Å². The lowest BCUT2D eigenvalue weighted by molar-refractivity contribution is 0.309. The van der Waals surface area contributed by atoms with Crippen LogP contribution in [0.15, 0.2) is 48.5 Å². The number of thiophene rings is 1. The molecule has 2 nitrogen and oxygen atoms in total. The largest absolute Gasteiger partial charge is 0.508 e. The van der Waals surface area contributed by atoms with Gasteiger partial charge in [-0.05, 0) is 54.3 Å². The summed E-state index contributed by atoms with van der Waals surface area (Å²) in [4.78, 5) is 1.15. The highest BCUT2D eigenvalue weighted by molar-refractivity contribution is 7.19. The molecule has 0 spiro atoms. The van der Waals surface area contributed by atoms with Crippen LogP contribution in [-0.4, -0.2) is 5.11 Å². The summed E-state index contributed by atoms with van der Waals surface area (Å²) in [5.41, 5.74) is 1.19. The SMILES string of the molecule is Cc1cccc(OCc2cc3cc(O)ccc3s2)c1. The Bertz CT molecular complexity index is 716. The maximum Gasteiger partial charge on any atom is 0.122 e. The molecule has 0 amide bonds. The Hall–Kier alpha value is -2.00. The quantitative estimate of drug-likeness (QED) is 0.759. The average Bonchev–Trinajstić information content (AvgIpc) is 2.78. The third-order valence-corrected chi connectivity index (χ3v) is 4.01. The zero-order valence-corrected chi connectivity index (χ0v) is 11.4. The highest BCUT2D eigenvalue weighted by Crippen LogP contribution is 2.29. The van der Waals surface area contributed by atoms with Gasteiger partial charge in [0.2, 0.25) is 0 Å². The number of aromatic hydroxyl groups is 1. The van der Waals surface area contributed by atoms with Gasteiger partial charge in [-0.15, -0.1) is 11.3 Å². The summed E-state index contributed by atoms with van der Waals surface area (Å²) >= 11 is 1.69. The van der Waals surface area contributed by atoms with Gasteiger partial charge in [0.05, 0.1) is 0 Å². The molecule has 3 heteroatoms. The van der Waals surface area contributed by atoms with E-state index in [0.717, 1.165) is 16.0 Å². The molecule has 0 unspecified atom stereocenters. The van der Waals surface area contributed by atoms with E-state index in [9.17, 15) is 5.11 Å². The molecule has 0 aliphatic heterocycles. The molecular formula is C16H14O2S. The highest BCUT2D eigenvalue weighted by Gasteiger charge is 2.03. The first kappa shape index (κ1) is 12.1. The Labute approximate surface area is 115 Å². The molecule has 19 heavy (non-hydrogen) atoms. The molecule has 1 aromatic heterocycles. The fourth-order valence-corrected chi connectivity index (χ4v) is 2.97. The first-order valence-electron chi connectivity index (χ1n) is 6.11. The molecule has 1 N–H and O–H groups in total. The van der Waals surface area contributed by atoms with Crippen LogP contribution in [-0.2, 0) is 6.61 Å². The maximum absolute atomic E-state index is 9.45. The van der Waals surface area contributed by atoms with E-state index in [4.69, 9.17) is 4.74 Å². The molecule has 0 saturated heterocycles. The van der Waals surface area contributed by atoms with Crippen molar-refractivity contribution in [2.24, 2.45) is 0 Å². The lowest BCUT2D eigenvalue weighted by Gasteiger charge is -2.04. The summed E-state index contributed by atoms with van der Waals surface area (Å²) in [6, 6.07) is 15.5. The van der Waals surface area contributed by atoms with Crippen molar-refractivity contribution in [2.45, 2.75) is 13.5 Å². The van der Waals surface area contributed by atoms with E-state index < -0.39 is 0 Å². The van der Waals surface area contributed by atoms with Crippen molar-refractivity contribution >= 4 is 21.4 Å². The van der Waals surface area contributed by atoms with Gasteiger partial charge in [-0.25, -0.2) is 0 Å². The molecule has 0 aliphatic carbocycles. The fourth-order valence-electron chi connectivity index (χ4n) is 2.02. The molecule has 0 saturated carbocycles. The molecule has 0 bridgehead atoms. The van der Waals surface area contributed by atoms with Gasteiger partial charge in [0.15, 0.2) is 0 Å². The van der Waals surface area contributed by atoms with Crippen molar-refractivity contribution < 1.29 is 9.84 Å². The second-order valence-electron chi connectivity index (χ2n) is 4.54. The van der Waals surface area contributed by atoms with Crippen LogP contribution in [0.4, 0.5) is 0 Å². The van der Waals surface area contributed by atoms with Gasteiger partial charge >= 0.3 is 0 Å². The van der Waals surface area contributed by atoms with Crippen LogP contribution in [0.5, 0.6) is 11.5 Å². The third-order valence-electron chi connectivity index (χ3n) is 2.92. The van der Waals surface area contributed by atoms with Gasteiger partial charge in [0.25, 0.3) is 0 Å². The van der Waals surface area contributed by atoms with Gasteiger partial charge in [0.1, 0.15) is 18.1 Å². The van der Waals surface area contributed by atoms with E-state index in [1.54, 1.807) is 23.5 Å². The van der Waals surface area contributed by atoms with Crippen molar-refractivity contribution in [1.29, 1.82) is 0 Å². The van der Waals surface area contributed by atoms with Crippen molar-refractivity contribution in [1.82, 2.24) is 0 Å². The number of aryl methyl sites for hydroxylation is 1. The van der Waals surface area contributed by atoms with Crippen LogP contribution in [0.2, 0.25) is 0 Å². The normalized spacial score (nSPS) is 10.8. The Kier molecular flexibility index (Phi) is 3.13. The first-order valence-corrected chi connectivity index (χ1v) is 6.93. The summed E-state index contributed by atoms with van der Waals surface area (Å²) in [6.45, 7) is 2.61. The molecule has 3 aromatic rings. The van der Waals surface area contributed by atoms with Crippen LogP contribution < -0.4 is 4.74 Å². The molecule has 3 rings (SSSR count). The molecule has 0 radical (unpaired) electrons. The monoisotopic (exact) mass is 270 g/mol. The van der Waals surface area contributed by atoms with Crippen LogP contribution >= 0.6 is 11.3 Å². The Balaban J connectivity index is 1.78. The standard InChI is InChI=1S/C16H14O2S/c1-11-3-2-4-14(7-11)18-10-15-9-12-8-13(17)5-6-16(12)19-15/h2-9,17H,10H2,1H3.